The molecule has 16 heavy (non-hydrogen) atoms. The van der Waals surface area contributed by atoms with Crippen LogP contribution in [0.2, 0.25) is 0 Å². The summed E-state index contributed by atoms with van der Waals surface area (Å²) in [7, 11) is 0. The predicted molar refractivity (Wildman–Crippen MR) is 60.8 cm³/mol. The summed E-state index contributed by atoms with van der Waals surface area (Å²) in [5.41, 5.74) is 0. The normalized spacial score (nSPS) is 24.6. The second kappa shape index (κ2) is 5.87. The Kier molecular flexibility index (Phi) is 4.77. The van der Waals surface area contributed by atoms with Gasteiger partial charge in [0.15, 0.2) is 0 Å². The van der Waals surface area contributed by atoms with Crippen molar-refractivity contribution in [1.82, 2.24) is 4.90 Å². The van der Waals surface area contributed by atoms with Gasteiger partial charge < -0.3 is 9.64 Å². The lowest BCUT2D eigenvalue weighted by Gasteiger charge is -2.21. The summed E-state index contributed by atoms with van der Waals surface area (Å²) in [5, 5.41) is 0. The van der Waals surface area contributed by atoms with Gasteiger partial charge in [-0.15, -0.1) is 0 Å². The van der Waals surface area contributed by atoms with Crippen LogP contribution in [-0.4, -0.2) is 36.0 Å². The fraction of sp³-hybridized carbons (Fsp3) is 0.833. The Morgan fingerprint density at radius 2 is 2.00 bits per heavy atom. The topological polar surface area (TPSA) is 46.6 Å². The number of hydrogen-bond donors (Lipinski definition) is 0. The smallest absolute Gasteiger partial charge is 0.306 e. The molecule has 0 aliphatic carbocycles. The predicted octanol–water partition coefficient (Wildman–Crippen LogP) is 1.59. The molecule has 0 aromatic carbocycles. The highest BCUT2D eigenvalue weighted by Gasteiger charge is 2.29. The van der Waals surface area contributed by atoms with E-state index in [0.29, 0.717) is 18.6 Å². The minimum Gasteiger partial charge on any atom is -0.466 e. The number of esters is 1. The van der Waals surface area contributed by atoms with Crippen molar-refractivity contribution in [2.24, 2.45) is 5.92 Å². The number of hydrogen-bond acceptors (Lipinski definition) is 3. The average molecular weight is 227 g/mol. The van der Waals surface area contributed by atoms with Crippen molar-refractivity contribution >= 4 is 11.9 Å². The number of likely N-dealkylation sites (tertiary alicyclic amines) is 1. The van der Waals surface area contributed by atoms with E-state index in [-0.39, 0.29) is 24.7 Å². The summed E-state index contributed by atoms with van der Waals surface area (Å²) in [6.45, 7) is 7.18. The van der Waals surface area contributed by atoms with E-state index in [2.05, 4.69) is 13.8 Å². The highest BCUT2D eigenvalue weighted by atomic mass is 16.5. The van der Waals surface area contributed by atoms with E-state index in [1.54, 1.807) is 6.92 Å². The van der Waals surface area contributed by atoms with Gasteiger partial charge in [0, 0.05) is 19.0 Å². The highest BCUT2D eigenvalue weighted by Crippen LogP contribution is 2.23. The van der Waals surface area contributed by atoms with Crippen LogP contribution in [0.5, 0.6) is 0 Å². The monoisotopic (exact) mass is 227 g/mol. The molecule has 1 aliphatic rings. The third-order valence-electron chi connectivity index (χ3n) is 2.95. The summed E-state index contributed by atoms with van der Waals surface area (Å²) in [6, 6.07) is 0.310. The first-order valence-corrected chi connectivity index (χ1v) is 5.99. The maximum atomic E-state index is 11.8. The van der Waals surface area contributed by atoms with E-state index in [0.717, 1.165) is 13.0 Å². The Morgan fingerprint density at radius 3 is 2.50 bits per heavy atom. The van der Waals surface area contributed by atoms with Crippen LogP contribution in [0.25, 0.3) is 0 Å². The zero-order chi connectivity index (χ0) is 12.1. The van der Waals surface area contributed by atoms with Crippen LogP contribution in [0.1, 0.15) is 40.0 Å². The lowest BCUT2D eigenvalue weighted by Crippen LogP contribution is -2.34. The van der Waals surface area contributed by atoms with Gasteiger partial charge in [0.2, 0.25) is 5.91 Å². The third-order valence-corrected chi connectivity index (χ3v) is 2.95. The van der Waals surface area contributed by atoms with Gasteiger partial charge in [-0.2, -0.15) is 0 Å². The molecule has 2 unspecified atom stereocenters. The maximum Gasteiger partial charge on any atom is 0.306 e. The van der Waals surface area contributed by atoms with Gasteiger partial charge in [-0.25, -0.2) is 0 Å². The van der Waals surface area contributed by atoms with E-state index in [1.807, 2.05) is 4.90 Å². The number of carbonyl (C=O) groups excluding carboxylic acids is 2. The van der Waals surface area contributed by atoms with Crippen molar-refractivity contribution < 1.29 is 14.3 Å². The molecule has 0 spiro atoms. The van der Waals surface area contributed by atoms with E-state index in [9.17, 15) is 9.59 Å². The minimum atomic E-state index is -0.282. The fourth-order valence-electron chi connectivity index (χ4n) is 2.23. The second-order valence-corrected chi connectivity index (χ2v) is 4.54. The Labute approximate surface area is 96.9 Å². The Bertz CT molecular complexity index is 265. The molecule has 0 saturated carbocycles. The molecule has 2 atom stereocenters. The summed E-state index contributed by atoms with van der Waals surface area (Å²) in [6.07, 6.45) is 1.53. The van der Waals surface area contributed by atoms with Crippen LogP contribution in [0.3, 0.4) is 0 Å². The number of ether oxygens (including phenoxy) is 1. The van der Waals surface area contributed by atoms with E-state index >= 15 is 0 Å². The molecule has 1 aliphatic heterocycles. The van der Waals surface area contributed by atoms with Crippen LogP contribution in [0.4, 0.5) is 0 Å². The lowest BCUT2D eigenvalue weighted by atomic mass is 10.1. The molecule has 0 aromatic heterocycles. The van der Waals surface area contributed by atoms with Gasteiger partial charge in [0.1, 0.15) is 0 Å². The number of rotatable bonds is 4. The van der Waals surface area contributed by atoms with E-state index < -0.39 is 0 Å². The van der Waals surface area contributed by atoms with Gasteiger partial charge in [-0.1, -0.05) is 6.92 Å². The second-order valence-electron chi connectivity index (χ2n) is 4.54. The molecule has 4 nitrogen and oxygen atoms in total. The van der Waals surface area contributed by atoms with Crippen molar-refractivity contribution in [2.45, 2.75) is 46.1 Å². The standard InChI is InChI=1S/C12H21NO3/c1-4-16-12(15)6-5-11(14)13-8-9(2)7-10(13)3/h9-10H,4-8H2,1-3H3. The van der Waals surface area contributed by atoms with Crippen LogP contribution in [-0.2, 0) is 14.3 Å². The van der Waals surface area contributed by atoms with Crippen molar-refractivity contribution in [3.8, 4) is 0 Å². The molecule has 1 rings (SSSR count). The zero-order valence-electron chi connectivity index (χ0n) is 10.4. The summed E-state index contributed by atoms with van der Waals surface area (Å²) < 4.78 is 4.79. The first-order valence-electron chi connectivity index (χ1n) is 5.99. The van der Waals surface area contributed by atoms with Gasteiger partial charge in [0.25, 0.3) is 0 Å². The molecule has 1 heterocycles. The quantitative estimate of drug-likeness (QED) is 0.685. The first kappa shape index (κ1) is 13.0. The molecule has 92 valence electrons. The van der Waals surface area contributed by atoms with Crippen molar-refractivity contribution in [3.63, 3.8) is 0 Å². The average Bonchev–Trinajstić information content (AvgIpc) is 2.55. The fourth-order valence-corrected chi connectivity index (χ4v) is 2.23. The minimum absolute atomic E-state index is 0.0740. The van der Waals surface area contributed by atoms with Crippen LogP contribution in [0, 0.1) is 5.92 Å². The van der Waals surface area contributed by atoms with Crippen molar-refractivity contribution in [3.05, 3.63) is 0 Å². The third kappa shape index (κ3) is 3.51. The molecule has 1 saturated heterocycles. The lowest BCUT2D eigenvalue weighted by molar-refractivity contribution is -0.145. The van der Waals surface area contributed by atoms with Gasteiger partial charge >= 0.3 is 5.97 Å². The van der Waals surface area contributed by atoms with Gasteiger partial charge in [-0.3, -0.25) is 9.59 Å². The zero-order valence-corrected chi connectivity index (χ0v) is 10.4. The van der Waals surface area contributed by atoms with E-state index in [4.69, 9.17) is 4.74 Å². The molecular formula is C12H21NO3. The molecular weight excluding hydrogens is 206 g/mol. The molecule has 0 aromatic rings. The Morgan fingerprint density at radius 1 is 1.31 bits per heavy atom. The molecule has 0 radical (unpaired) electrons. The number of nitrogens with zero attached hydrogens (tertiary/aromatic N) is 1. The largest absolute Gasteiger partial charge is 0.466 e. The number of carbonyl (C=O) groups is 2. The highest BCUT2D eigenvalue weighted by molar-refractivity contribution is 5.81. The van der Waals surface area contributed by atoms with Gasteiger partial charge in [-0.05, 0) is 26.2 Å². The SMILES string of the molecule is CCOC(=O)CCC(=O)N1CC(C)CC1C. The maximum absolute atomic E-state index is 11.8. The molecule has 0 N–H and O–H groups in total. The summed E-state index contributed by atoms with van der Waals surface area (Å²) >= 11 is 0. The van der Waals surface area contributed by atoms with Crippen molar-refractivity contribution in [2.75, 3.05) is 13.2 Å². The van der Waals surface area contributed by atoms with Gasteiger partial charge in [0.05, 0.1) is 13.0 Å². The molecule has 1 fully saturated rings. The first-order chi connectivity index (χ1) is 7.54. The van der Waals surface area contributed by atoms with Crippen LogP contribution < -0.4 is 0 Å². The molecule has 4 heteroatoms. The van der Waals surface area contributed by atoms with E-state index in [1.165, 1.54) is 0 Å². The van der Waals surface area contributed by atoms with Crippen LogP contribution >= 0.6 is 0 Å². The molecule has 1 amide bonds. The van der Waals surface area contributed by atoms with Crippen LogP contribution in [0.15, 0.2) is 0 Å². The Hall–Kier alpha value is -1.06. The summed E-state index contributed by atoms with van der Waals surface area (Å²) in [4.78, 5) is 24.8. The Balaban J connectivity index is 2.32. The molecule has 0 bridgehead atoms. The summed E-state index contributed by atoms with van der Waals surface area (Å²) in [5.74, 6) is 0.363. The van der Waals surface area contributed by atoms with Crippen molar-refractivity contribution in [1.29, 1.82) is 0 Å². The number of amides is 1.